The Morgan fingerprint density at radius 2 is 2.08 bits per heavy atom. The number of likely N-dealkylation sites (tertiary alicyclic amines) is 1. The minimum atomic E-state index is -0.155. The number of aromatic amines is 1. The number of allylic oxidation sites excluding steroid dienone is 2. The third-order valence-corrected chi connectivity index (χ3v) is 7.27. The molecular formula is C26H39N9O. The molecule has 1 amide bonds. The standard InChI is InChI=1S/C26H39N9O/c1-4-8-22(29-19-13-26(14-19)16-35(17-26)25(36)21(32-27)15-28-3)30-23(9-5-2)31-24-12-20(33-34-24)18-10-6-7-11-18/h5,8-9,12,15,18-19,29H,4,6-7,10-11,13-14,16-17,27H2,1-3H3,(H2,30,31,33,34)/b9-5-,22-8+,28-15?,32-21+. The molecule has 5 N–H and O–H groups in total. The quantitative estimate of drug-likeness (QED) is 0.181. The van der Waals surface area contributed by atoms with Crippen molar-refractivity contribution in [3.8, 4) is 0 Å². The highest BCUT2D eigenvalue weighted by Crippen LogP contribution is 2.48. The van der Waals surface area contributed by atoms with E-state index in [0.717, 1.165) is 49.8 Å². The smallest absolute Gasteiger partial charge is 0.275 e. The van der Waals surface area contributed by atoms with E-state index >= 15 is 0 Å². The normalized spacial score (nSPS) is 21.4. The van der Waals surface area contributed by atoms with Crippen molar-refractivity contribution >= 4 is 29.5 Å². The van der Waals surface area contributed by atoms with Crippen LogP contribution in [0.5, 0.6) is 0 Å². The number of nitrogens with two attached hydrogens (primary N) is 1. The molecule has 2 heterocycles. The van der Waals surface area contributed by atoms with Crippen molar-refractivity contribution in [2.75, 3.05) is 25.5 Å². The first-order valence-corrected chi connectivity index (χ1v) is 13.0. The number of nitrogens with zero attached hydrogens (tertiary/aromatic N) is 5. The fourth-order valence-electron chi connectivity index (χ4n) is 5.59. The van der Waals surface area contributed by atoms with Gasteiger partial charge in [0.05, 0.1) is 6.21 Å². The second kappa shape index (κ2) is 11.5. The molecule has 3 aliphatic rings. The molecule has 194 valence electrons. The number of amidine groups is 1. The van der Waals surface area contributed by atoms with Crippen LogP contribution in [0.25, 0.3) is 0 Å². The third kappa shape index (κ3) is 5.85. The Labute approximate surface area is 213 Å². The maximum Gasteiger partial charge on any atom is 0.275 e. The first-order chi connectivity index (χ1) is 17.5. The first-order valence-electron chi connectivity index (χ1n) is 13.0. The highest BCUT2D eigenvalue weighted by Gasteiger charge is 2.54. The maximum absolute atomic E-state index is 12.5. The number of hydrogen-bond donors (Lipinski definition) is 4. The van der Waals surface area contributed by atoms with Crippen molar-refractivity contribution < 1.29 is 4.79 Å². The molecule has 0 bridgehead atoms. The molecule has 0 radical (unpaired) electrons. The Morgan fingerprint density at radius 1 is 1.33 bits per heavy atom. The zero-order valence-electron chi connectivity index (χ0n) is 21.6. The van der Waals surface area contributed by atoms with Crippen molar-refractivity contribution in [2.45, 2.75) is 70.8 Å². The second-order valence-corrected chi connectivity index (χ2v) is 10.1. The van der Waals surface area contributed by atoms with E-state index in [1.54, 1.807) is 11.9 Å². The summed E-state index contributed by atoms with van der Waals surface area (Å²) in [5, 5.41) is 18.2. The SMILES string of the molecule is C\C=C/C(=N\C(=C\CC)NC1CC2(C1)CN(C(=O)/C(C=NC)=N/N)C2)Nc1cc(C2CCCC2)[nH]n1. The molecule has 1 aromatic heterocycles. The van der Waals surface area contributed by atoms with Crippen molar-refractivity contribution in [3.63, 3.8) is 0 Å². The van der Waals surface area contributed by atoms with Gasteiger partial charge in [0.2, 0.25) is 0 Å². The van der Waals surface area contributed by atoms with E-state index in [9.17, 15) is 4.79 Å². The first kappa shape index (κ1) is 25.7. The van der Waals surface area contributed by atoms with Gasteiger partial charge < -0.3 is 21.4 Å². The van der Waals surface area contributed by atoms with Crippen LogP contribution in [0.2, 0.25) is 0 Å². The largest absolute Gasteiger partial charge is 0.367 e. The molecule has 4 rings (SSSR count). The van der Waals surface area contributed by atoms with Gasteiger partial charge in [-0.3, -0.25) is 14.9 Å². The fourth-order valence-corrected chi connectivity index (χ4v) is 5.59. The van der Waals surface area contributed by atoms with Crippen LogP contribution in [0.3, 0.4) is 0 Å². The molecule has 10 nitrogen and oxygen atoms in total. The number of hydrogen-bond acceptors (Lipinski definition) is 7. The minimum Gasteiger partial charge on any atom is -0.367 e. The molecule has 1 spiro atoms. The van der Waals surface area contributed by atoms with Crippen LogP contribution in [0.1, 0.15) is 70.4 Å². The molecule has 0 unspecified atom stereocenters. The summed E-state index contributed by atoms with van der Waals surface area (Å²) in [7, 11) is 1.60. The van der Waals surface area contributed by atoms with Gasteiger partial charge >= 0.3 is 0 Å². The minimum absolute atomic E-state index is 0.155. The average molecular weight is 494 g/mol. The van der Waals surface area contributed by atoms with Gasteiger partial charge in [0.15, 0.2) is 11.5 Å². The van der Waals surface area contributed by atoms with Crippen LogP contribution in [0.15, 0.2) is 45.2 Å². The van der Waals surface area contributed by atoms with E-state index in [1.165, 1.54) is 37.6 Å². The second-order valence-electron chi connectivity index (χ2n) is 10.1. The summed E-state index contributed by atoms with van der Waals surface area (Å²) in [6.07, 6.45) is 15.4. The molecule has 2 aliphatic carbocycles. The molecule has 1 aromatic rings. The number of rotatable bonds is 9. The number of carbonyl (C=O) groups is 1. The Bertz CT molecular complexity index is 1060. The average Bonchev–Trinajstić information content (AvgIpc) is 3.50. The number of hydrazone groups is 1. The van der Waals surface area contributed by atoms with Crippen LogP contribution in [-0.2, 0) is 4.79 Å². The van der Waals surface area contributed by atoms with Crippen molar-refractivity contribution in [1.82, 2.24) is 20.4 Å². The molecule has 0 atom stereocenters. The molecule has 2 saturated carbocycles. The summed E-state index contributed by atoms with van der Waals surface area (Å²) in [6, 6.07) is 2.44. The van der Waals surface area contributed by atoms with E-state index < -0.39 is 0 Å². The Kier molecular flexibility index (Phi) is 8.22. The number of anilines is 1. The summed E-state index contributed by atoms with van der Waals surface area (Å²) in [6.45, 7) is 5.54. The lowest BCUT2D eigenvalue weighted by atomic mass is 9.60. The van der Waals surface area contributed by atoms with E-state index in [4.69, 9.17) is 10.8 Å². The molecule has 10 heteroatoms. The van der Waals surface area contributed by atoms with Gasteiger partial charge in [-0.05, 0) is 51.2 Å². The highest BCUT2D eigenvalue weighted by atomic mass is 16.2. The lowest BCUT2D eigenvalue weighted by Gasteiger charge is -2.59. The maximum atomic E-state index is 12.5. The predicted molar refractivity (Wildman–Crippen MR) is 145 cm³/mol. The third-order valence-electron chi connectivity index (χ3n) is 7.27. The van der Waals surface area contributed by atoms with Gasteiger partial charge in [0, 0.05) is 49.3 Å². The summed E-state index contributed by atoms with van der Waals surface area (Å²) >= 11 is 0. The lowest BCUT2D eigenvalue weighted by Crippen LogP contribution is -2.67. The van der Waals surface area contributed by atoms with Gasteiger partial charge in [0.1, 0.15) is 11.7 Å². The summed E-state index contributed by atoms with van der Waals surface area (Å²) < 4.78 is 0. The van der Waals surface area contributed by atoms with Crippen LogP contribution in [-0.4, -0.2) is 64.9 Å². The number of aromatic nitrogens is 2. The fraction of sp³-hybridized carbons (Fsp3) is 0.577. The lowest BCUT2D eigenvalue weighted by molar-refractivity contribution is -0.144. The monoisotopic (exact) mass is 493 g/mol. The van der Waals surface area contributed by atoms with Gasteiger partial charge in [-0.1, -0.05) is 25.8 Å². The van der Waals surface area contributed by atoms with Crippen molar-refractivity contribution in [2.24, 2.45) is 26.3 Å². The van der Waals surface area contributed by atoms with Gasteiger partial charge in [0.25, 0.3) is 5.91 Å². The van der Waals surface area contributed by atoms with Gasteiger partial charge in [-0.15, -0.1) is 0 Å². The van der Waals surface area contributed by atoms with Crippen LogP contribution in [0, 0.1) is 5.41 Å². The van der Waals surface area contributed by atoms with E-state index in [0.29, 0.717) is 12.0 Å². The number of carbonyl (C=O) groups excluding carboxylic acids is 1. The van der Waals surface area contributed by atoms with E-state index in [1.807, 2.05) is 19.1 Å². The zero-order chi connectivity index (χ0) is 25.5. The van der Waals surface area contributed by atoms with Crippen LogP contribution < -0.4 is 16.5 Å². The number of nitrogens with one attached hydrogen (secondary N) is 3. The van der Waals surface area contributed by atoms with Crippen LogP contribution >= 0.6 is 0 Å². The zero-order valence-corrected chi connectivity index (χ0v) is 21.6. The summed E-state index contributed by atoms with van der Waals surface area (Å²) in [5.41, 5.74) is 1.57. The Morgan fingerprint density at radius 3 is 2.72 bits per heavy atom. The molecular weight excluding hydrogens is 454 g/mol. The Hall–Kier alpha value is -3.43. The molecule has 36 heavy (non-hydrogen) atoms. The van der Waals surface area contributed by atoms with E-state index in [2.05, 4.69) is 50.0 Å². The van der Waals surface area contributed by atoms with Crippen LogP contribution in [0.4, 0.5) is 5.82 Å². The predicted octanol–water partition coefficient (Wildman–Crippen LogP) is 3.30. The summed E-state index contributed by atoms with van der Waals surface area (Å²) in [5.74, 6) is 8.17. The summed E-state index contributed by atoms with van der Waals surface area (Å²) in [4.78, 5) is 23.0. The number of aliphatic imine (C=N–C) groups is 2. The van der Waals surface area contributed by atoms with Gasteiger partial charge in [-0.2, -0.15) is 10.2 Å². The van der Waals surface area contributed by atoms with Crippen molar-refractivity contribution in [1.29, 1.82) is 0 Å². The number of H-pyrrole nitrogens is 1. The van der Waals surface area contributed by atoms with Gasteiger partial charge in [-0.25, -0.2) is 4.99 Å². The van der Waals surface area contributed by atoms with E-state index in [-0.39, 0.29) is 17.0 Å². The molecule has 1 saturated heterocycles. The Balaban J connectivity index is 1.33. The van der Waals surface area contributed by atoms with Crippen molar-refractivity contribution in [3.05, 3.63) is 35.8 Å². The number of amides is 1. The highest BCUT2D eigenvalue weighted by molar-refractivity contribution is 6.60. The topological polar surface area (TPSA) is 136 Å². The molecule has 3 fully saturated rings. The molecule has 1 aliphatic heterocycles. The molecule has 0 aromatic carbocycles.